The monoisotopic (exact) mass is 301 g/mol. The maximum atomic E-state index is 13.0. The van der Waals surface area contributed by atoms with Crippen molar-refractivity contribution in [3.63, 3.8) is 0 Å². The summed E-state index contributed by atoms with van der Waals surface area (Å²) in [7, 11) is 0. The first-order valence-electron chi connectivity index (χ1n) is 6.31. The minimum Gasteiger partial charge on any atom is -0.267 e. The fourth-order valence-electron chi connectivity index (χ4n) is 1.82. The zero-order valence-electron chi connectivity index (χ0n) is 11.6. The molecular weight excluding hydrogens is 289 g/mol. The lowest BCUT2D eigenvalue weighted by Gasteiger charge is -2.02. The molecule has 0 aliphatic heterocycles. The van der Waals surface area contributed by atoms with Gasteiger partial charge in [-0.1, -0.05) is 12.1 Å². The van der Waals surface area contributed by atoms with Crippen LogP contribution in [0.5, 0.6) is 0 Å². The summed E-state index contributed by atoms with van der Waals surface area (Å²) in [5.41, 5.74) is 3.36. The quantitative estimate of drug-likeness (QED) is 0.535. The second-order valence-electron chi connectivity index (χ2n) is 4.51. The highest BCUT2D eigenvalue weighted by Gasteiger charge is 2.13. The van der Waals surface area contributed by atoms with Crippen molar-refractivity contribution in [2.45, 2.75) is 6.92 Å². The Labute approximate surface area is 125 Å². The van der Waals surface area contributed by atoms with E-state index in [-0.39, 0.29) is 11.3 Å². The Hall–Kier alpha value is -3.09. The molecule has 2 rings (SSSR count). The third kappa shape index (κ3) is 3.72. The molecule has 0 saturated heterocycles. The number of nitro groups is 1. The van der Waals surface area contributed by atoms with Crippen molar-refractivity contribution in [2.75, 3.05) is 0 Å². The Morgan fingerprint density at radius 3 is 2.73 bits per heavy atom. The number of hydrogen-bond acceptors (Lipinski definition) is 4. The largest absolute Gasteiger partial charge is 0.272 e. The van der Waals surface area contributed by atoms with Gasteiger partial charge in [-0.3, -0.25) is 14.9 Å². The first-order valence-corrected chi connectivity index (χ1v) is 6.31. The molecule has 6 nitrogen and oxygen atoms in total. The number of nitrogens with one attached hydrogen (secondary N) is 1. The maximum Gasteiger partial charge on any atom is 0.272 e. The van der Waals surface area contributed by atoms with Gasteiger partial charge in [0.25, 0.3) is 11.6 Å². The number of carbonyl (C=O) groups excluding carboxylic acids is 1. The molecule has 0 saturated carbocycles. The van der Waals surface area contributed by atoms with E-state index < -0.39 is 16.6 Å². The van der Waals surface area contributed by atoms with E-state index in [0.717, 1.165) is 0 Å². The van der Waals surface area contributed by atoms with E-state index in [2.05, 4.69) is 10.5 Å². The van der Waals surface area contributed by atoms with Crippen molar-refractivity contribution in [1.82, 2.24) is 5.43 Å². The number of aryl methyl sites for hydroxylation is 1. The van der Waals surface area contributed by atoms with Crippen LogP contribution in [0.3, 0.4) is 0 Å². The predicted octanol–water partition coefficient (Wildman–Crippen LogP) is 2.81. The standard InChI is InChI=1S/C15H12FN3O3/c1-10-7-12(5-6-14(10)19(21)22)15(20)18-17-9-11-3-2-4-13(16)8-11/h2-9H,1H3,(H,18,20). The van der Waals surface area contributed by atoms with Crippen LogP contribution in [0, 0.1) is 22.9 Å². The lowest BCUT2D eigenvalue weighted by atomic mass is 10.1. The smallest absolute Gasteiger partial charge is 0.267 e. The van der Waals surface area contributed by atoms with Crippen LogP contribution >= 0.6 is 0 Å². The normalized spacial score (nSPS) is 10.6. The summed E-state index contributed by atoms with van der Waals surface area (Å²) in [6, 6.07) is 9.75. The summed E-state index contributed by atoms with van der Waals surface area (Å²) < 4.78 is 13.0. The van der Waals surface area contributed by atoms with Crippen LogP contribution in [0.1, 0.15) is 21.5 Å². The average molecular weight is 301 g/mol. The van der Waals surface area contributed by atoms with Gasteiger partial charge in [0.05, 0.1) is 11.1 Å². The van der Waals surface area contributed by atoms with E-state index in [1.54, 1.807) is 13.0 Å². The fourth-order valence-corrected chi connectivity index (χ4v) is 1.82. The van der Waals surface area contributed by atoms with Gasteiger partial charge in [-0.25, -0.2) is 9.82 Å². The topological polar surface area (TPSA) is 84.6 Å². The second-order valence-corrected chi connectivity index (χ2v) is 4.51. The summed E-state index contributed by atoms with van der Waals surface area (Å²) >= 11 is 0. The van der Waals surface area contributed by atoms with E-state index in [0.29, 0.717) is 11.1 Å². The van der Waals surface area contributed by atoms with E-state index in [1.807, 2.05) is 0 Å². The van der Waals surface area contributed by atoms with Crippen molar-refractivity contribution in [1.29, 1.82) is 0 Å². The molecule has 0 heterocycles. The van der Waals surface area contributed by atoms with Gasteiger partial charge >= 0.3 is 0 Å². The van der Waals surface area contributed by atoms with Crippen LogP contribution in [-0.2, 0) is 0 Å². The highest BCUT2D eigenvalue weighted by Crippen LogP contribution is 2.18. The second kappa shape index (κ2) is 6.57. The summed E-state index contributed by atoms with van der Waals surface area (Å²) in [6.45, 7) is 1.55. The predicted molar refractivity (Wildman–Crippen MR) is 79.3 cm³/mol. The molecule has 0 aliphatic carbocycles. The van der Waals surface area contributed by atoms with Gasteiger partial charge in [-0.05, 0) is 36.8 Å². The van der Waals surface area contributed by atoms with Crippen molar-refractivity contribution >= 4 is 17.8 Å². The van der Waals surface area contributed by atoms with Gasteiger partial charge in [-0.15, -0.1) is 0 Å². The lowest BCUT2D eigenvalue weighted by Crippen LogP contribution is -2.17. The Bertz CT molecular complexity index is 759. The lowest BCUT2D eigenvalue weighted by molar-refractivity contribution is -0.385. The Kier molecular flexibility index (Phi) is 4.57. The van der Waals surface area contributed by atoms with Crippen molar-refractivity contribution in [2.24, 2.45) is 5.10 Å². The summed E-state index contributed by atoms with van der Waals surface area (Å²) in [5.74, 6) is -0.910. The van der Waals surface area contributed by atoms with Crippen LogP contribution in [-0.4, -0.2) is 17.0 Å². The average Bonchev–Trinajstić information content (AvgIpc) is 2.46. The molecule has 0 atom stereocenters. The minimum absolute atomic E-state index is 0.0557. The molecule has 0 fully saturated rings. The van der Waals surface area contributed by atoms with E-state index in [4.69, 9.17) is 0 Å². The molecular formula is C15H12FN3O3. The van der Waals surface area contributed by atoms with Gasteiger partial charge in [0, 0.05) is 17.2 Å². The SMILES string of the molecule is Cc1cc(C(=O)NN=Cc2cccc(F)c2)ccc1[N+](=O)[O-]. The van der Waals surface area contributed by atoms with Crippen LogP contribution in [0.15, 0.2) is 47.6 Å². The number of hydrogen-bond donors (Lipinski definition) is 1. The number of nitrogens with zero attached hydrogens (tertiary/aromatic N) is 2. The minimum atomic E-state index is -0.515. The first kappa shape index (κ1) is 15.3. The molecule has 0 aliphatic rings. The van der Waals surface area contributed by atoms with E-state index in [1.165, 1.54) is 42.6 Å². The molecule has 7 heteroatoms. The molecule has 1 N–H and O–H groups in total. The summed E-state index contributed by atoms with van der Waals surface area (Å²) in [4.78, 5) is 22.1. The van der Waals surface area contributed by atoms with Gasteiger partial charge in [0.15, 0.2) is 0 Å². The van der Waals surface area contributed by atoms with Crippen LogP contribution in [0.4, 0.5) is 10.1 Å². The van der Waals surface area contributed by atoms with Gasteiger partial charge in [0.1, 0.15) is 5.82 Å². The highest BCUT2D eigenvalue weighted by molar-refractivity contribution is 5.95. The number of halogens is 1. The number of benzene rings is 2. The molecule has 0 bridgehead atoms. The molecule has 0 spiro atoms. The van der Waals surface area contributed by atoms with Crippen molar-refractivity contribution in [3.05, 3.63) is 75.1 Å². The molecule has 112 valence electrons. The fraction of sp³-hybridized carbons (Fsp3) is 0.0667. The highest BCUT2D eigenvalue weighted by atomic mass is 19.1. The molecule has 2 aromatic rings. The Balaban J connectivity index is 2.06. The molecule has 22 heavy (non-hydrogen) atoms. The summed E-state index contributed by atoms with van der Waals surface area (Å²) in [5, 5.41) is 14.4. The Morgan fingerprint density at radius 1 is 1.32 bits per heavy atom. The zero-order chi connectivity index (χ0) is 16.1. The molecule has 0 aromatic heterocycles. The molecule has 0 radical (unpaired) electrons. The first-order chi connectivity index (χ1) is 10.5. The number of rotatable bonds is 4. The van der Waals surface area contributed by atoms with E-state index in [9.17, 15) is 19.3 Å². The molecule has 2 aromatic carbocycles. The molecule has 1 amide bonds. The number of nitro benzene ring substituents is 1. The van der Waals surface area contributed by atoms with Gasteiger partial charge in [-0.2, -0.15) is 5.10 Å². The summed E-state index contributed by atoms with van der Waals surface area (Å²) in [6.07, 6.45) is 1.30. The van der Waals surface area contributed by atoms with Crippen molar-refractivity contribution in [3.8, 4) is 0 Å². The Morgan fingerprint density at radius 2 is 2.09 bits per heavy atom. The van der Waals surface area contributed by atoms with Crippen LogP contribution < -0.4 is 5.43 Å². The van der Waals surface area contributed by atoms with Crippen LogP contribution in [0.2, 0.25) is 0 Å². The van der Waals surface area contributed by atoms with Gasteiger partial charge < -0.3 is 0 Å². The van der Waals surface area contributed by atoms with E-state index >= 15 is 0 Å². The van der Waals surface area contributed by atoms with Crippen molar-refractivity contribution < 1.29 is 14.1 Å². The third-order valence-corrected chi connectivity index (χ3v) is 2.88. The third-order valence-electron chi connectivity index (χ3n) is 2.88. The van der Waals surface area contributed by atoms with Crippen LogP contribution in [0.25, 0.3) is 0 Å². The zero-order valence-corrected chi connectivity index (χ0v) is 11.6. The van der Waals surface area contributed by atoms with Gasteiger partial charge in [0.2, 0.25) is 0 Å². The number of carbonyl (C=O) groups is 1. The molecule has 0 unspecified atom stereocenters. The maximum absolute atomic E-state index is 13.0. The number of hydrazone groups is 1. The number of amides is 1.